The number of rotatable bonds is 21. The van der Waals surface area contributed by atoms with Crippen molar-refractivity contribution in [3.05, 3.63) is 25.4 Å². The van der Waals surface area contributed by atoms with Gasteiger partial charge in [-0.15, -0.1) is 19.0 Å². The lowest BCUT2D eigenvalue weighted by molar-refractivity contribution is -0.127. The smallest absolute Gasteiger partial charge is 0.222 e. The van der Waals surface area contributed by atoms with Gasteiger partial charge in [-0.1, -0.05) is 116 Å². The second-order valence-electron chi connectivity index (χ2n) is 10.1. The zero-order valence-corrected chi connectivity index (χ0v) is 25.6. The van der Waals surface area contributed by atoms with Crippen LogP contribution < -0.4 is 5.73 Å². The molecule has 1 aliphatic rings. The van der Waals surface area contributed by atoms with E-state index in [-0.39, 0.29) is 18.3 Å². The average Bonchev–Trinajstić information content (AvgIpc) is 3.27. The van der Waals surface area contributed by atoms with E-state index in [2.05, 4.69) is 27.0 Å². The lowest BCUT2D eigenvalue weighted by Crippen LogP contribution is -2.24. The van der Waals surface area contributed by atoms with Gasteiger partial charge in [-0.2, -0.15) is 0 Å². The van der Waals surface area contributed by atoms with Gasteiger partial charge in [-0.25, -0.2) is 0 Å². The summed E-state index contributed by atoms with van der Waals surface area (Å²) >= 11 is 0. The third-order valence-electron chi connectivity index (χ3n) is 6.42. The van der Waals surface area contributed by atoms with Crippen LogP contribution in [0.15, 0.2) is 25.4 Å². The number of amides is 2. The molecule has 0 radical (unpaired) electrons. The molecule has 2 N–H and O–H groups in total. The molecule has 1 heterocycles. The van der Waals surface area contributed by atoms with Crippen LogP contribution in [0, 0.1) is 0 Å². The molecule has 1 fully saturated rings. The fourth-order valence-corrected chi connectivity index (χ4v) is 4.16. The second kappa shape index (κ2) is 32.5. The van der Waals surface area contributed by atoms with Crippen LogP contribution in [0.1, 0.15) is 136 Å². The zero-order valence-electron chi connectivity index (χ0n) is 24.8. The molecule has 0 unspecified atom stereocenters. The van der Waals surface area contributed by atoms with Crippen LogP contribution >= 0.6 is 12.4 Å². The molecule has 2 amide bonds. The third kappa shape index (κ3) is 32.5. The molecular formula is C31H62ClN3O2. The van der Waals surface area contributed by atoms with Crippen molar-refractivity contribution in [2.75, 3.05) is 26.7 Å². The Hall–Kier alpha value is -1.49. The van der Waals surface area contributed by atoms with Crippen molar-refractivity contribution in [1.82, 2.24) is 9.80 Å². The molecule has 0 aromatic carbocycles. The van der Waals surface area contributed by atoms with Crippen molar-refractivity contribution in [2.24, 2.45) is 5.73 Å². The Labute approximate surface area is 237 Å². The molecule has 6 heteroatoms. The van der Waals surface area contributed by atoms with E-state index in [1.54, 1.807) is 6.20 Å². The summed E-state index contributed by atoms with van der Waals surface area (Å²) in [5, 5.41) is 0. The number of nitrogens with two attached hydrogens (primary N) is 1. The first-order valence-corrected chi connectivity index (χ1v) is 14.9. The Morgan fingerprint density at radius 1 is 0.865 bits per heavy atom. The largest absolute Gasteiger partial charge is 0.377 e. The van der Waals surface area contributed by atoms with Crippen molar-refractivity contribution in [3.8, 4) is 0 Å². The van der Waals surface area contributed by atoms with E-state index in [4.69, 9.17) is 5.73 Å². The maximum Gasteiger partial charge on any atom is 0.222 e. The van der Waals surface area contributed by atoms with Crippen molar-refractivity contribution in [2.45, 2.75) is 136 Å². The van der Waals surface area contributed by atoms with Crippen molar-refractivity contribution >= 4 is 24.2 Å². The highest BCUT2D eigenvalue weighted by Crippen LogP contribution is 2.13. The molecule has 220 valence electrons. The average molecular weight is 544 g/mol. The van der Waals surface area contributed by atoms with E-state index < -0.39 is 0 Å². The standard InChI is InChI=1S/C18H37NO.C7H13NO.C6H11N.ClH/c1-2-3-4-5-6-7-8-9-10-11-12-13-14-15-16-17-18(19)20;1-2-5-8-6-3-4-7(8)9;1-4-6-7(3)5-2;/h2-17H2,1H3,(H2,19,20);2-6H2,1H3;4-5H,1-2,6H2,3H3;1H. The van der Waals surface area contributed by atoms with Gasteiger partial charge in [0, 0.05) is 39.5 Å². The van der Waals surface area contributed by atoms with Gasteiger partial charge >= 0.3 is 0 Å². The Morgan fingerprint density at radius 2 is 1.32 bits per heavy atom. The lowest BCUT2D eigenvalue weighted by atomic mass is 10.0. The molecule has 0 aromatic rings. The van der Waals surface area contributed by atoms with Crippen LogP contribution in [0.3, 0.4) is 0 Å². The number of halogens is 1. The maximum atomic E-state index is 10.9. The minimum Gasteiger partial charge on any atom is -0.377 e. The lowest BCUT2D eigenvalue weighted by Gasteiger charge is -2.12. The zero-order chi connectivity index (χ0) is 27.3. The highest BCUT2D eigenvalue weighted by molar-refractivity contribution is 5.85. The summed E-state index contributed by atoms with van der Waals surface area (Å²) in [6.07, 6.45) is 27.4. The SMILES string of the molecule is C=CCN(C)C=C.CCCCCCCCCCCCCCCCCC(N)=O.CCCN1CCCC1=O.Cl. The molecule has 5 nitrogen and oxygen atoms in total. The fraction of sp³-hybridized carbons (Fsp3) is 0.806. The van der Waals surface area contributed by atoms with E-state index in [0.717, 1.165) is 45.3 Å². The summed E-state index contributed by atoms with van der Waals surface area (Å²) in [6.45, 7) is 14.3. The van der Waals surface area contributed by atoms with Crippen molar-refractivity contribution < 1.29 is 9.59 Å². The second-order valence-corrected chi connectivity index (χ2v) is 10.1. The number of likely N-dealkylation sites (tertiary alicyclic amines) is 1. The van der Waals surface area contributed by atoms with Crippen molar-refractivity contribution in [3.63, 3.8) is 0 Å². The van der Waals surface area contributed by atoms with E-state index in [0.29, 0.717) is 12.3 Å². The number of carbonyl (C=O) groups excluding carboxylic acids is 2. The number of nitrogens with zero attached hydrogens (tertiary/aromatic N) is 2. The van der Waals surface area contributed by atoms with Crippen LogP contribution in [-0.2, 0) is 9.59 Å². The molecule has 37 heavy (non-hydrogen) atoms. The number of hydrogen-bond acceptors (Lipinski definition) is 3. The number of likely N-dealkylation sites (N-methyl/N-ethyl adjacent to an activating group) is 1. The van der Waals surface area contributed by atoms with E-state index in [9.17, 15) is 9.59 Å². The number of unbranched alkanes of at least 4 members (excludes halogenated alkanes) is 14. The minimum absolute atomic E-state index is 0. The van der Waals surface area contributed by atoms with Gasteiger partial charge in [0.15, 0.2) is 0 Å². The summed E-state index contributed by atoms with van der Waals surface area (Å²) in [4.78, 5) is 25.3. The third-order valence-corrected chi connectivity index (χ3v) is 6.42. The first-order valence-electron chi connectivity index (χ1n) is 14.9. The summed E-state index contributed by atoms with van der Waals surface area (Å²) < 4.78 is 0. The van der Waals surface area contributed by atoms with Gasteiger partial charge in [-0.05, 0) is 25.5 Å². The Morgan fingerprint density at radius 3 is 1.62 bits per heavy atom. The highest BCUT2D eigenvalue weighted by atomic mass is 35.5. The molecule has 1 saturated heterocycles. The van der Waals surface area contributed by atoms with Crippen molar-refractivity contribution in [1.29, 1.82) is 0 Å². The first-order chi connectivity index (χ1) is 17.4. The molecular weight excluding hydrogens is 482 g/mol. The van der Waals surface area contributed by atoms with Crippen LogP contribution in [0.2, 0.25) is 0 Å². The van der Waals surface area contributed by atoms with Gasteiger partial charge < -0.3 is 15.5 Å². The number of hydrogen-bond donors (Lipinski definition) is 1. The monoisotopic (exact) mass is 543 g/mol. The van der Waals surface area contributed by atoms with Gasteiger partial charge in [0.05, 0.1) is 0 Å². The van der Waals surface area contributed by atoms with Crippen LogP contribution in [-0.4, -0.2) is 48.3 Å². The molecule has 0 aromatic heterocycles. The van der Waals surface area contributed by atoms with E-state index >= 15 is 0 Å². The molecule has 0 atom stereocenters. The fourth-order valence-electron chi connectivity index (χ4n) is 4.16. The molecule has 0 aliphatic carbocycles. The van der Waals surface area contributed by atoms with Crippen LogP contribution in [0.25, 0.3) is 0 Å². The minimum atomic E-state index is -0.153. The quantitative estimate of drug-likeness (QED) is 0.117. The highest BCUT2D eigenvalue weighted by Gasteiger charge is 2.17. The molecule has 0 spiro atoms. The van der Waals surface area contributed by atoms with E-state index in [1.165, 1.54) is 89.9 Å². The van der Waals surface area contributed by atoms with Gasteiger partial charge in [-0.3, -0.25) is 9.59 Å². The van der Waals surface area contributed by atoms with Crippen LogP contribution in [0.5, 0.6) is 0 Å². The van der Waals surface area contributed by atoms with Gasteiger partial charge in [0.2, 0.25) is 11.8 Å². The summed E-state index contributed by atoms with van der Waals surface area (Å²) in [6, 6.07) is 0. The molecule has 1 aliphatic heterocycles. The van der Waals surface area contributed by atoms with E-state index in [1.807, 2.05) is 22.9 Å². The topological polar surface area (TPSA) is 66.6 Å². The normalized spacial score (nSPS) is 12.0. The summed E-state index contributed by atoms with van der Waals surface area (Å²) in [5.41, 5.74) is 5.11. The summed E-state index contributed by atoms with van der Waals surface area (Å²) in [5.74, 6) is 0.191. The Balaban J connectivity index is -0.000000557. The predicted octanol–water partition coefficient (Wildman–Crippen LogP) is 8.42. The molecule has 0 saturated carbocycles. The van der Waals surface area contributed by atoms with Crippen LogP contribution in [0.4, 0.5) is 0 Å². The Kier molecular flexibility index (Phi) is 35.2. The summed E-state index contributed by atoms with van der Waals surface area (Å²) in [7, 11) is 1.95. The Bertz CT molecular complexity index is 529. The number of carbonyl (C=O) groups is 2. The van der Waals surface area contributed by atoms with Gasteiger partial charge in [0.1, 0.15) is 0 Å². The van der Waals surface area contributed by atoms with Gasteiger partial charge in [0.25, 0.3) is 0 Å². The molecule has 0 bridgehead atoms. The predicted molar refractivity (Wildman–Crippen MR) is 165 cm³/mol. The first kappa shape index (κ1) is 40.0. The number of primary amides is 1. The maximum absolute atomic E-state index is 10.9. The molecule has 1 rings (SSSR count).